The Morgan fingerprint density at radius 1 is 1.00 bits per heavy atom. The second kappa shape index (κ2) is 16.9. The molecule has 0 bridgehead atoms. The zero-order valence-electron chi connectivity index (χ0n) is 15.8. The lowest BCUT2D eigenvalue weighted by molar-refractivity contribution is -0.140. The number of para-hydroxylation sites is 1. The first-order valence-corrected chi connectivity index (χ1v) is 8.95. The summed E-state index contributed by atoms with van der Waals surface area (Å²) in [4.78, 5) is 15.2. The number of carbonyl (C=O) groups excluding carboxylic acids is 1. The molecule has 0 unspecified atom stereocenters. The third-order valence-electron chi connectivity index (χ3n) is 3.68. The summed E-state index contributed by atoms with van der Waals surface area (Å²) in [7, 11) is 3.20. The van der Waals surface area contributed by atoms with Gasteiger partial charge in [-0.3, -0.25) is 9.79 Å². The number of benzene rings is 1. The molecule has 0 atom stereocenters. The highest BCUT2D eigenvalue weighted by Crippen LogP contribution is 2.08. The molecule has 0 fully saturated rings. The van der Waals surface area contributed by atoms with E-state index in [0.29, 0.717) is 13.0 Å². The number of ether oxygens (including phenoxy) is 2. The molecule has 2 N–H and O–H groups in total. The summed E-state index contributed by atoms with van der Waals surface area (Å²) in [5.74, 6) is 1.59. The normalized spacial score (nSPS) is 10.6. The molecule has 7 heteroatoms. The van der Waals surface area contributed by atoms with Crippen molar-refractivity contribution >= 4 is 35.9 Å². The van der Waals surface area contributed by atoms with Crippen LogP contribution in [0.4, 0.5) is 0 Å². The van der Waals surface area contributed by atoms with E-state index in [1.807, 2.05) is 30.3 Å². The number of guanidine groups is 1. The van der Waals surface area contributed by atoms with E-state index < -0.39 is 0 Å². The predicted molar refractivity (Wildman–Crippen MR) is 116 cm³/mol. The number of aliphatic imine (C=N–C) groups is 1. The van der Waals surface area contributed by atoms with Gasteiger partial charge in [-0.25, -0.2) is 0 Å². The zero-order valence-corrected chi connectivity index (χ0v) is 18.2. The van der Waals surface area contributed by atoms with Crippen molar-refractivity contribution in [2.75, 3.05) is 33.9 Å². The first-order valence-electron chi connectivity index (χ1n) is 8.95. The molecular formula is C19H32IN3O3. The SMILES string of the molecule is CN=C(NCCCCCCC(=O)OC)NCCCOc1ccccc1.I. The van der Waals surface area contributed by atoms with E-state index in [2.05, 4.69) is 20.4 Å². The van der Waals surface area contributed by atoms with Crippen LogP contribution in [0.1, 0.15) is 38.5 Å². The van der Waals surface area contributed by atoms with Crippen LogP contribution in [0.2, 0.25) is 0 Å². The fourth-order valence-electron chi connectivity index (χ4n) is 2.26. The maximum Gasteiger partial charge on any atom is 0.305 e. The summed E-state index contributed by atoms with van der Waals surface area (Å²) in [6.07, 6.45) is 5.49. The van der Waals surface area contributed by atoms with Crippen molar-refractivity contribution in [3.8, 4) is 5.75 Å². The number of nitrogens with one attached hydrogen (secondary N) is 2. The Bertz CT molecular complexity index is 498. The fourth-order valence-corrected chi connectivity index (χ4v) is 2.26. The summed E-state index contributed by atoms with van der Waals surface area (Å²) in [6, 6.07) is 9.82. The van der Waals surface area contributed by atoms with Crippen molar-refractivity contribution in [2.24, 2.45) is 4.99 Å². The largest absolute Gasteiger partial charge is 0.494 e. The van der Waals surface area contributed by atoms with E-state index >= 15 is 0 Å². The van der Waals surface area contributed by atoms with Gasteiger partial charge in [0.25, 0.3) is 0 Å². The van der Waals surface area contributed by atoms with Crippen molar-refractivity contribution in [1.82, 2.24) is 10.6 Å². The number of hydrogen-bond donors (Lipinski definition) is 2. The molecule has 0 aliphatic rings. The minimum absolute atomic E-state index is 0. The number of esters is 1. The Labute approximate surface area is 174 Å². The van der Waals surface area contributed by atoms with Crippen LogP contribution < -0.4 is 15.4 Å². The molecule has 0 spiro atoms. The lowest BCUT2D eigenvalue weighted by atomic mass is 10.1. The van der Waals surface area contributed by atoms with Gasteiger partial charge in [0, 0.05) is 26.6 Å². The molecule has 0 saturated carbocycles. The van der Waals surface area contributed by atoms with Gasteiger partial charge < -0.3 is 20.1 Å². The van der Waals surface area contributed by atoms with Gasteiger partial charge >= 0.3 is 5.97 Å². The van der Waals surface area contributed by atoms with Gasteiger partial charge in [0.2, 0.25) is 0 Å². The van der Waals surface area contributed by atoms with Crippen LogP contribution in [-0.4, -0.2) is 45.8 Å². The van der Waals surface area contributed by atoms with E-state index in [1.165, 1.54) is 7.11 Å². The summed E-state index contributed by atoms with van der Waals surface area (Å²) in [6.45, 7) is 2.36. The number of nitrogens with zero attached hydrogens (tertiary/aromatic N) is 1. The molecule has 6 nitrogen and oxygen atoms in total. The molecule has 0 aliphatic heterocycles. The average molecular weight is 477 g/mol. The van der Waals surface area contributed by atoms with Crippen LogP contribution >= 0.6 is 24.0 Å². The molecule has 0 radical (unpaired) electrons. The van der Waals surface area contributed by atoms with E-state index in [1.54, 1.807) is 7.05 Å². The summed E-state index contributed by atoms with van der Waals surface area (Å²) in [5.41, 5.74) is 0. The Morgan fingerprint density at radius 2 is 1.65 bits per heavy atom. The zero-order chi connectivity index (χ0) is 18.2. The lowest BCUT2D eigenvalue weighted by Crippen LogP contribution is -2.38. The fraction of sp³-hybridized carbons (Fsp3) is 0.579. The molecule has 1 aromatic rings. The van der Waals surface area contributed by atoms with Gasteiger partial charge in [0.15, 0.2) is 5.96 Å². The monoisotopic (exact) mass is 477 g/mol. The second-order valence-corrected chi connectivity index (χ2v) is 5.68. The van der Waals surface area contributed by atoms with Gasteiger partial charge in [0.05, 0.1) is 13.7 Å². The number of carbonyl (C=O) groups is 1. The highest BCUT2D eigenvalue weighted by molar-refractivity contribution is 14.0. The molecule has 0 heterocycles. The topological polar surface area (TPSA) is 72.0 Å². The maximum atomic E-state index is 11.0. The quantitative estimate of drug-likeness (QED) is 0.159. The molecule has 148 valence electrons. The number of halogens is 1. The molecule has 0 aliphatic carbocycles. The Balaban J connectivity index is 0.00000625. The first-order chi connectivity index (χ1) is 12.3. The molecule has 0 aromatic heterocycles. The highest BCUT2D eigenvalue weighted by atomic mass is 127. The Kier molecular flexibility index (Phi) is 15.9. The van der Waals surface area contributed by atoms with Crippen molar-refractivity contribution in [2.45, 2.75) is 38.5 Å². The van der Waals surface area contributed by atoms with Gasteiger partial charge in [0.1, 0.15) is 5.75 Å². The average Bonchev–Trinajstić information content (AvgIpc) is 2.65. The Hall–Kier alpha value is -1.51. The number of methoxy groups -OCH3 is 1. The molecule has 1 aromatic carbocycles. The lowest BCUT2D eigenvalue weighted by Gasteiger charge is -2.12. The van der Waals surface area contributed by atoms with E-state index in [-0.39, 0.29) is 29.9 Å². The predicted octanol–water partition coefficient (Wildman–Crippen LogP) is 3.36. The van der Waals surface area contributed by atoms with Crippen molar-refractivity contribution in [3.63, 3.8) is 0 Å². The molecule has 1 rings (SSSR count). The molecule has 0 saturated heterocycles. The van der Waals surface area contributed by atoms with Crippen molar-refractivity contribution < 1.29 is 14.3 Å². The van der Waals surface area contributed by atoms with Crippen LogP contribution in [0.3, 0.4) is 0 Å². The van der Waals surface area contributed by atoms with E-state index in [0.717, 1.165) is 56.9 Å². The smallest absolute Gasteiger partial charge is 0.305 e. The summed E-state index contributed by atoms with van der Waals surface area (Å²) < 4.78 is 10.3. The maximum absolute atomic E-state index is 11.0. The van der Waals surface area contributed by atoms with Gasteiger partial charge in [-0.1, -0.05) is 31.0 Å². The molecular weight excluding hydrogens is 445 g/mol. The third kappa shape index (κ3) is 12.8. The standard InChI is InChI=1S/C19H31N3O3.HI/c1-20-19(21-14-9-4-3-8-13-18(23)24-2)22-15-10-16-25-17-11-6-5-7-12-17;/h5-7,11-12H,3-4,8-10,13-16H2,1-2H3,(H2,20,21,22);1H. The minimum atomic E-state index is -0.126. The van der Waals surface area contributed by atoms with E-state index in [4.69, 9.17) is 4.74 Å². The summed E-state index contributed by atoms with van der Waals surface area (Å²) in [5, 5.41) is 6.57. The van der Waals surface area contributed by atoms with Crippen LogP contribution in [0.5, 0.6) is 5.75 Å². The van der Waals surface area contributed by atoms with Crippen molar-refractivity contribution in [3.05, 3.63) is 30.3 Å². The van der Waals surface area contributed by atoms with E-state index in [9.17, 15) is 4.79 Å². The van der Waals surface area contributed by atoms with Crippen molar-refractivity contribution in [1.29, 1.82) is 0 Å². The number of rotatable bonds is 12. The second-order valence-electron chi connectivity index (χ2n) is 5.68. The number of hydrogen-bond acceptors (Lipinski definition) is 4. The van der Waals surface area contributed by atoms with Gasteiger partial charge in [-0.2, -0.15) is 0 Å². The van der Waals surface area contributed by atoms with Crippen LogP contribution in [0.25, 0.3) is 0 Å². The van der Waals surface area contributed by atoms with Gasteiger partial charge in [-0.05, 0) is 31.4 Å². The van der Waals surface area contributed by atoms with Crippen LogP contribution in [0.15, 0.2) is 35.3 Å². The Morgan fingerprint density at radius 3 is 2.31 bits per heavy atom. The number of unbranched alkanes of at least 4 members (excludes halogenated alkanes) is 3. The summed E-state index contributed by atoms with van der Waals surface area (Å²) >= 11 is 0. The third-order valence-corrected chi connectivity index (χ3v) is 3.68. The highest BCUT2D eigenvalue weighted by Gasteiger charge is 2.00. The first kappa shape index (κ1) is 24.5. The molecule has 26 heavy (non-hydrogen) atoms. The van der Waals surface area contributed by atoms with Gasteiger partial charge in [-0.15, -0.1) is 24.0 Å². The molecule has 0 amide bonds. The van der Waals surface area contributed by atoms with Crippen LogP contribution in [-0.2, 0) is 9.53 Å². The van der Waals surface area contributed by atoms with Crippen LogP contribution in [0, 0.1) is 0 Å². The minimum Gasteiger partial charge on any atom is -0.494 e.